The Morgan fingerprint density at radius 3 is 2.42 bits per heavy atom. The van der Waals surface area contributed by atoms with E-state index in [-0.39, 0.29) is 13.2 Å². The minimum atomic E-state index is -3.66. The summed E-state index contributed by atoms with van der Waals surface area (Å²) in [6.07, 6.45) is 0. The molecule has 0 saturated carbocycles. The van der Waals surface area contributed by atoms with Crippen molar-refractivity contribution >= 4 is 13.7 Å². The van der Waals surface area contributed by atoms with Crippen LogP contribution in [0.15, 0.2) is 60.7 Å². The molecule has 0 aromatic heterocycles. The van der Waals surface area contributed by atoms with Crippen LogP contribution in [0.5, 0.6) is 5.75 Å². The van der Waals surface area contributed by atoms with Crippen LogP contribution in [-0.4, -0.2) is 30.4 Å². The summed E-state index contributed by atoms with van der Waals surface area (Å²) in [6.45, 7) is 0.217. The highest BCUT2D eigenvalue weighted by atomic mass is 31.2. The summed E-state index contributed by atoms with van der Waals surface area (Å²) in [6, 6.07) is 17.4. The molecule has 24 heavy (non-hydrogen) atoms. The summed E-state index contributed by atoms with van der Waals surface area (Å²) in [5.41, 5.74) is 0.897. The number of para-hydroxylation sites is 1. The zero-order chi connectivity index (χ0) is 17.0. The van der Waals surface area contributed by atoms with E-state index in [1.807, 2.05) is 36.4 Å². The van der Waals surface area contributed by atoms with E-state index in [4.69, 9.17) is 13.8 Å². The molecule has 126 valence electrons. The van der Waals surface area contributed by atoms with E-state index in [1.165, 1.54) is 11.8 Å². The molecule has 7 heteroatoms. The minimum Gasteiger partial charge on any atom is -0.468 e. The second-order valence-corrected chi connectivity index (χ2v) is 7.18. The highest BCUT2D eigenvalue weighted by Gasteiger charge is 2.50. The first kappa shape index (κ1) is 16.7. The SMILES string of the molecule is COC(=O)[C@@H]1CO[P@@](=O)(Oc2ccccc2)N1Cc1ccccc1. The van der Waals surface area contributed by atoms with Crippen molar-refractivity contribution in [1.82, 2.24) is 4.67 Å². The van der Waals surface area contributed by atoms with E-state index >= 15 is 0 Å². The van der Waals surface area contributed by atoms with Crippen LogP contribution < -0.4 is 4.52 Å². The number of hydrogen-bond donors (Lipinski definition) is 0. The van der Waals surface area contributed by atoms with E-state index in [2.05, 4.69) is 0 Å². The molecule has 0 bridgehead atoms. The molecule has 0 radical (unpaired) electrons. The van der Waals surface area contributed by atoms with Gasteiger partial charge >= 0.3 is 13.7 Å². The summed E-state index contributed by atoms with van der Waals surface area (Å²) in [7, 11) is -2.36. The average Bonchev–Trinajstić information content (AvgIpc) is 2.92. The van der Waals surface area contributed by atoms with E-state index in [9.17, 15) is 9.36 Å². The summed E-state index contributed by atoms with van der Waals surface area (Å²) in [4.78, 5) is 12.0. The van der Waals surface area contributed by atoms with Crippen LogP contribution in [0, 0.1) is 0 Å². The number of rotatable bonds is 5. The lowest BCUT2D eigenvalue weighted by Crippen LogP contribution is -2.37. The monoisotopic (exact) mass is 347 g/mol. The first-order valence-electron chi connectivity index (χ1n) is 7.50. The highest BCUT2D eigenvalue weighted by molar-refractivity contribution is 7.52. The number of hydrogen-bond acceptors (Lipinski definition) is 5. The van der Waals surface area contributed by atoms with Gasteiger partial charge in [-0.15, -0.1) is 0 Å². The Balaban J connectivity index is 1.89. The standard InChI is InChI=1S/C17H18NO5P/c1-21-17(19)16-13-22-24(20,23-15-10-6-3-7-11-15)18(16)12-14-8-4-2-5-9-14/h2-11,16H,12-13H2,1H3/t16-,24+/m0/s1. The second-order valence-electron chi connectivity index (χ2n) is 5.29. The van der Waals surface area contributed by atoms with Gasteiger partial charge in [0.1, 0.15) is 11.8 Å². The average molecular weight is 347 g/mol. The number of carbonyl (C=O) groups is 1. The number of benzene rings is 2. The Morgan fingerprint density at radius 1 is 1.17 bits per heavy atom. The van der Waals surface area contributed by atoms with Crippen molar-refractivity contribution < 1.29 is 23.1 Å². The van der Waals surface area contributed by atoms with Gasteiger partial charge in [0.15, 0.2) is 0 Å². The van der Waals surface area contributed by atoms with Gasteiger partial charge in [0, 0.05) is 6.54 Å². The van der Waals surface area contributed by atoms with Crippen molar-refractivity contribution in [2.45, 2.75) is 12.6 Å². The Morgan fingerprint density at radius 2 is 1.79 bits per heavy atom. The third-order valence-electron chi connectivity index (χ3n) is 3.69. The molecule has 1 aliphatic rings. The number of methoxy groups -OCH3 is 1. The molecule has 3 rings (SSSR count). The minimum absolute atomic E-state index is 0.0381. The van der Waals surface area contributed by atoms with Gasteiger partial charge in [-0.1, -0.05) is 48.5 Å². The summed E-state index contributed by atoms with van der Waals surface area (Å²) >= 11 is 0. The van der Waals surface area contributed by atoms with Crippen molar-refractivity contribution in [2.75, 3.05) is 13.7 Å². The zero-order valence-corrected chi connectivity index (χ0v) is 14.1. The quantitative estimate of drug-likeness (QED) is 0.611. The van der Waals surface area contributed by atoms with Crippen LogP contribution in [0.3, 0.4) is 0 Å². The van der Waals surface area contributed by atoms with Crippen molar-refractivity contribution in [3.63, 3.8) is 0 Å². The van der Waals surface area contributed by atoms with E-state index in [0.29, 0.717) is 5.75 Å². The first-order chi connectivity index (χ1) is 11.6. The maximum atomic E-state index is 13.2. The summed E-state index contributed by atoms with van der Waals surface area (Å²) < 4.78 is 30.5. The fourth-order valence-corrected chi connectivity index (χ4v) is 4.34. The molecule has 0 amide bonds. The Hall–Kier alpha value is -2.14. The van der Waals surface area contributed by atoms with Crippen LogP contribution in [0.25, 0.3) is 0 Å². The van der Waals surface area contributed by atoms with E-state index < -0.39 is 19.8 Å². The number of nitrogens with zero attached hydrogens (tertiary/aromatic N) is 1. The molecule has 1 aliphatic heterocycles. The van der Waals surface area contributed by atoms with Crippen molar-refractivity contribution in [3.05, 3.63) is 66.2 Å². The van der Waals surface area contributed by atoms with Crippen LogP contribution >= 0.6 is 7.75 Å². The van der Waals surface area contributed by atoms with Crippen molar-refractivity contribution in [1.29, 1.82) is 0 Å². The fourth-order valence-electron chi connectivity index (χ4n) is 2.48. The van der Waals surface area contributed by atoms with E-state index in [1.54, 1.807) is 24.3 Å². The van der Waals surface area contributed by atoms with Gasteiger partial charge < -0.3 is 9.26 Å². The Kier molecular flexibility index (Phi) is 5.00. The van der Waals surface area contributed by atoms with Gasteiger partial charge in [-0.25, -0.2) is 4.57 Å². The van der Waals surface area contributed by atoms with Crippen LogP contribution in [0.1, 0.15) is 5.56 Å². The maximum Gasteiger partial charge on any atom is 0.462 e. The Bertz CT molecular complexity index is 737. The zero-order valence-electron chi connectivity index (χ0n) is 13.2. The first-order valence-corrected chi connectivity index (χ1v) is 9.00. The predicted octanol–water partition coefficient (Wildman–Crippen LogP) is 3.25. The molecule has 1 heterocycles. The third-order valence-corrected chi connectivity index (χ3v) is 5.66. The molecule has 0 N–H and O–H groups in total. The molecule has 0 spiro atoms. The molecule has 1 fully saturated rings. The predicted molar refractivity (Wildman–Crippen MR) is 88.4 cm³/mol. The molecule has 0 aliphatic carbocycles. The fraction of sp³-hybridized carbons (Fsp3) is 0.235. The topological polar surface area (TPSA) is 65.1 Å². The molecule has 1 saturated heterocycles. The van der Waals surface area contributed by atoms with Crippen LogP contribution in [0.2, 0.25) is 0 Å². The summed E-state index contributed by atoms with van der Waals surface area (Å²) in [5, 5.41) is 0. The molecular weight excluding hydrogens is 329 g/mol. The number of carbonyl (C=O) groups excluding carboxylic acids is 1. The Labute approximate surface area is 140 Å². The lowest BCUT2D eigenvalue weighted by atomic mass is 10.2. The smallest absolute Gasteiger partial charge is 0.462 e. The second kappa shape index (κ2) is 7.18. The van der Waals surface area contributed by atoms with Gasteiger partial charge in [0.2, 0.25) is 0 Å². The van der Waals surface area contributed by atoms with Gasteiger partial charge in [-0.2, -0.15) is 4.67 Å². The van der Waals surface area contributed by atoms with Crippen LogP contribution in [0.4, 0.5) is 0 Å². The molecule has 2 aromatic rings. The lowest BCUT2D eigenvalue weighted by Gasteiger charge is -2.25. The molecule has 0 unspecified atom stereocenters. The molecule has 2 aromatic carbocycles. The van der Waals surface area contributed by atoms with Crippen molar-refractivity contribution in [3.8, 4) is 5.75 Å². The van der Waals surface area contributed by atoms with Crippen molar-refractivity contribution in [2.24, 2.45) is 0 Å². The van der Waals surface area contributed by atoms with Gasteiger partial charge in [-0.3, -0.25) is 9.32 Å². The van der Waals surface area contributed by atoms with Crippen LogP contribution in [-0.2, 0) is 25.2 Å². The van der Waals surface area contributed by atoms with Gasteiger partial charge in [-0.05, 0) is 17.7 Å². The third kappa shape index (κ3) is 3.51. The summed E-state index contributed by atoms with van der Waals surface area (Å²) in [5.74, 6) is -0.0790. The largest absolute Gasteiger partial charge is 0.468 e. The van der Waals surface area contributed by atoms with E-state index in [0.717, 1.165) is 5.56 Å². The molecule has 2 atom stereocenters. The molecule has 6 nitrogen and oxygen atoms in total. The molecular formula is C17H18NO5P. The van der Waals surface area contributed by atoms with Gasteiger partial charge in [0.25, 0.3) is 0 Å². The van der Waals surface area contributed by atoms with Gasteiger partial charge in [0.05, 0.1) is 13.7 Å². The normalized spacial score (nSPS) is 23.8. The lowest BCUT2D eigenvalue weighted by molar-refractivity contribution is -0.145. The highest BCUT2D eigenvalue weighted by Crippen LogP contribution is 2.58. The maximum absolute atomic E-state index is 13.2. The number of ether oxygens (including phenoxy) is 1. The number of esters is 1.